The fourth-order valence-electron chi connectivity index (χ4n) is 6.68. The van der Waals surface area contributed by atoms with Crippen LogP contribution in [0, 0.1) is 0 Å². The average molecular weight is 556 g/mol. The molecule has 214 valence electrons. The lowest BCUT2D eigenvalue weighted by atomic mass is 9.85. The van der Waals surface area contributed by atoms with Crippen LogP contribution >= 0.6 is 0 Å². The smallest absolute Gasteiger partial charge is 0.338 e. The number of ether oxygens (including phenoxy) is 1. The number of carbonyl (C=O) groups is 2. The number of benzene rings is 2. The molecule has 1 aliphatic carbocycles. The van der Waals surface area contributed by atoms with Gasteiger partial charge in [-0.25, -0.2) is 9.59 Å². The molecular formula is C32H37N5O4. The van der Waals surface area contributed by atoms with Crippen molar-refractivity contribution in [2.24, 2.45) is 0 Å². The summed E-state index contributed by atoms with van der Waals surface area (Å²) in [5.74, 6) is -0.284. The van der Waals surface area contributed by atoms with Crippen molar-refractivity contribution in [2.75, 3.05) is 38.3 Å². The molecule has 41 heavy (non-hydrogen) atoms. The number of rotatable bonds is 8. The third-order valence-corrected chi connectivity index (χ3v) is 8.86. The van der Waals surface area contributed by atoms with E-state index in [1.807, 2.05) is 51.9 Å². The Hall–Kier alpha value is -4.11. The van der Waals surface area contributed by atoms with E-state index in [4.69, 9.17) is 4.74 Å². The zero-order chi connectivity index (χ0) is 28.4. The molecule has 2 aromatic carbocycles. The Kier molecular flexibility index (Phi) is 7.53. The van der Waals surface area contributed by atoms with Crippen LogP contribution in [-0.4, -0.2) is 70.2 Å². The van der Waals surface area contributed by atoms with Crippen molar-refractivity contribution in [3.63, 3.8) is 0 Å². The summed E-state index contributed by atoms with van der Waals surface area (Å²) in [7, 11) is 1.38. The summed E-state index contributed by atoms with van der Waals surface area (Å²) in [5, 5.41) is 0. The average Bonchev–Trinajstić information content (AvgIpc) is 3.47. The van der Waals surface area contributed by atoms with E-state index in [1.54, 1.807) is 6.07 Å². The first-order valence-electron chi connectivity index (χ1n) is 14.5. The highest BCUT2D eigenvalue weighted by Gasteiger charge is 2.53. The number of hydrogen-bond acceptors (Lipinski definition) is 6. The molecule has 3 aliphatic rings. The summed E-state index contributed by atoms with van der Waals surface area (Å²) < 4.78 is 6.88. The molecule has 1 spiro atoms. The number of esters is 1. The Labute approximate surface area is 240 Å². The molecule has 3 heterocycles. The summed E-state index contributed by atoms with van der Waals surface area (Å²) in [5.41, 5.74) is 3.71. The van der Waals surface area contributed by atoms with Gasteiger partial charge in [0.2, 0.25) is 5.91 Å². The van der Waals surface area contributed by atoms with Gasteiger partial charge in [-0.05, 0) is 68.5 Å². The van der Waals surface area contributed by atoms with Crippen LogP contribution in [0.2, 0.25) is 0 Å². The van der Waals surface area contributed by atoms with E-state index in [0.29, 0.717) is 25.3 Å². The summed E-state index contributed by atoms with van der Waals surface area (Å²) in [6.07, 6.45) is 8.31. The molecule has 0 radical (unpaired) electrons. The predicted octanol–water partition coefficient (Wildman–Crippen LogP) is 3.65. The zero-order valence-electron chi connectivity index (χ0n) is 23.6. The van der Waals surface area contributed by atoms with E-state index < -0.39 is 11.5 Å². The Balaban J connectivity index is 1.15. The number of para-hydroxylation sites is 1. The standard InChI is InChI=1S/C32H37N5O4/c1-41-29(38)26-13-6-5-10-24(26)22-35-23-37(25-11-3-2-4-12-25)32(30(35)39)16-20-34(21-17-32)18-9-19-36-28-15-8-7-14-27(28)33-31(36)40/h2-7,10-14H,8-9,15-23H2,1H3,(H,33,40). The van der Waals surface area contributed by atoms with Crippen molar-refractivity contribution in [3.8, 4) is 0 Å². The number of H-pyrrole nitrogens is 1. The van der Waals surface area contributed by atoms with Gasteiger partial charge in [0.25, 0.3) is 0 Å². The van der Waals surface area contributed by atoms with Crippen molar-refractivity contribution in [1.82, 2.24) is 19.4 Å². The Morgan fingerprint density at radius 2 is 1.76 bits per heavy atom. The molecule has 1 N–H and O–H groups in total. The Bertz CT molecular complexity index is 1500. The lowest BCUT2D eigenvalue weighted by Gasteiger charge is -2.43. The van der Waals surface area contributed by atoms with Gasteiger partial charge >= 0.3 is 11.7 Å². The monoisotopic (exact) mass is 555 g/mol. The predicted molar refractivity (Wildman–Crippen MR) is 158 cm³/mol. The number of fused-ring (bicyclic) bond motifs is 1. The number of anilines is 1. The minimum absolute atomic E-state index is 0.0249. The van der Waals surface area contributed by atoms with Gasteiger partial charge in [-0.1, -0.05) is 42.5 Å². The van der Waals surface area contributed by atoms with Crippen LogP contribution in [-0.2, 0) is 29.0 Å². The van der Waals surface area contributed by atoms with Crippen LogP contribution < -0.4 is 10.6 Å². The molecule has 0 atom stereocenters. The SMILES string of the molecule is COC(=O)c1ccccc1CN1CN(c2ccccc2)C2(CCN(CCCn3c4c([nH]c3=O)C=CCC4)CC2)C1=O. The summed E-state index contributed by atoms with van der Waals surface area (Å²) in [6.45, 7) is 4.02. The van der Waals surface area contributed by atoms with Crippen LogP contribution in [0.4, 0.5) is 5.69 Å². The molecule has 1 amide bonds. The van der Waals surface area contributed by atoms with Gasteiger partial charge in [-0.2, -0.15) is 0 Å². The number of amides is 1. The van der Waals surface area contributed by atoms with E-state index in [9.17, 15) is 14.4 Å². The molecule has 2 saturated heterocycles. The van der Waals surface area contributed by atoms with E-state index >= 15 is 0 Å². The van der Waals surface area contributed by atoms with Crippen molar-refractivity contribution in [2.45, 2.75) is 50.7 Å². The van der Waals surface area contributed by atoms with Gasteiger partial charge < -0.3 is 24.4 Å². The number of nitrogens with one attached hydrogen (secondary N) is 1. The molecule has 3 aromatic rings. The van der Waals surface area contributed by atoms with E-state index in [2.05, 4.69) is 33.0 Å². The molecule has 9 heteroatoms. The van der Waals surface area contributed by atoms with Crippen LogP contribution in [0.15, 0.2) is 65.5 Å². The van der Waals surface area contributed by atoms with Crippen LogP contribution in [0.1, 0.15) is 53.0 Å². The molecule has 0 saturated carbocycles. The molecular weight excluding hydrogens is 518 g/mol. The number of nitrogens with zero attached hydrogens (tertiary/aromatic N) is 4. The van der Waals surface area contributed by atoms with Gasteiger partial charge in [-0.3, -0.25) is 9.36 Å². The Morgan fingerprint density at radius 1 is 1.00 bits per heavy atom. The van der Waals surface area contributed by atoms with Crippen molar-refractivity contribution in [1.29, 1.82) is 0 Å². The Morgan fingerprint density at radius 3 is 2.54 bits per heavy atom. The minimum atomic E-state index is -0.624. The van der Waals surface area contributed by atoms with Gasteiger partial charge in [0.1, 0.15) is 5.54 Å². The number of methoxy groups -OCH3 is 1. The molecule has 6 rings (SSSR count). The second-order valence-corrected chi connectivity index (χ2v) is 11.2. The number of aromatic nitrogens is 2. The number of piperidine rings is 1. The molecule has 1 aromatic heterocycles. The lowest BCUT2D eigenvalue weighted by Crippen LogP contribution is -2.56. The highest BCUT2D eigenvalue weighted by molar-refractivity contribution is 5.94. The summed E-state index contributed by atoms with van der Waals surface area (Å²) in [4.78, 5) is 48.6. The molecule has 9 nitrogen and oxygen atoms in total. The number of likely N-dealkylation sites (tertiary alicyclic amines) is 1. The van der Waals surface area contributed by atoms with E-state index in [0.717, 1.165) is 74.4 Å². The molecule has 2 fully saturated rings. The normalized spacial score (nSPS) is 18.2. The number of hydrogen-bond donors (Lipinski definition) is 1. The second-order valence-electron chi connectivity index (χ2n) is 11.2. The maximum atomic E-state index is 14.2. The highest BCUT2D eigenvalue weighted by atomic mass is 16.5. The van der Waals surface area contributed by atoms with E-state index in [-0.39, 0.29) is 11.6 Å². The van der Waals surface area contributed by atoms with Crippen LogP contribution in [0.5, 0.6) is 0 Å². The molecule has 2 aliphatic heterocycles. The van der Waals surface area contributed by atoms with Gasteiger partial charge in [0.05, 0.1) is 25.0 Å². The zero-order valence-corrected chi connectivity index (χ0v) is 23.6. The topological polar surface area (TPSA) is 90.9 Å². The highest BCUT2D eigenvalue weighted by Crippen LogP contribution is 2.40. The quantitative estimate of drug-likeness (QED) is 0.427. The third kappa shape index (κ3) is 5.10. The molecule has 0 unspecified atom stereocenters. The first kappa shape index (κ1) is 27.1. The van der Waals surface area contributed by atoms with Crippen molar-refractivity contribution in [3.05, 3.63) is 93.7 Å². The maximum absolute atomic E-state index is 14.2. The number of carbonyl (C=O) groups excluding carboxylic acids is 2. The minimum Gasteiger partial charge on any atom is -0.465 e. The number of allylic oxidation sites excluding steroid dienone is 1. The fraction of sp³-hybridized carbons (Fsp3) is 0.406. The summed E-state index contributed by atoms with van der Waals surface area (Å²) >= 11 is 0. The summed E-state index contributed by atoms with van der Waals surface area (Å²) in [6, 6.07) is 17.5. The number of imidazole rings is 1. The van der Waals surface area contributed by atoms with Gasteiger partial charge in [-0.15, -0.1) is 0 Å². The first-order chi connectivity index (χ1) is 20.0. The van der Waals surface area contributed by atoms with Crippen LogP contribution in [0.3, 0.4) is 0 Å². The lowest BCUT2D eigenvalue weighted by molar-refractivity contribution is -0.134. The number of aromatic amines is 1. The van der Waals surface area contributed by atoms with Gasteiger partial charge in [0, 0.05) is 37.6 Å². The largest absolute Gasteiger partial charge is 0.465 e. The first-order valence-corrected chi connectivity index (χ1v) is 14.5. The van der Waals surface area contributed by atoms with Crippen molar-refractivity contribution >= 4 is 23.6 Å². The van der Waals surface area contributed by atoms with Gasteiger partial charge in [0.15, 0.2) is 0 Å². The maximum Gasteiger partial charge on any atom is 0.338 e. The van der Waals surface area contributed by atoms with E-state index in [1.165, 1.54) is 7.11 Å². The van der Waals surface area contributed by atoms with Crippen LogP contribution in [0.25, 0.3) is 6.08 Å². The second kappa shape index (κ2) is 11.4. The third-order valence-electron chi connectivity index (χ3n) is 8.86. The fourth-order valence-corrected chi connectivity index (χ4v) is 6.68. The van der Waals surface area contributed by atoms with Crippen molar-refractivity contribution < 1.29 is 14.3 Å². The molecule has 0 bridgehead atoms.